The average molecular weight is 811 g/mol. The number of nitrogens with one attached hydrogen (secondary N) is 4. The van der Waals surface area contributed by atoms with Crippen LogP contribution in [0.3, 0.4) is 0 Å². The van der Waals surface area contributed by atoms with Crippen LogP contribution in [0.1, 0.15) is 79.6 Å². The topological polar surface area (TPSA) is 201 Å². The largest absolute Gasteiger partial charge is 0.347 e. The molecule has 0 spiro atoms. The lowest BCUT2D eigenvalue weighted by Gasteiger charge is -2.15. The zero-order chi connectivity index (χ0) is 39.9. The van der Waals surface area contributed by atoms with Crippen molar-refractivity contribution in [1.82, 2.24) is 38.6 Å². The van der Waals surface area contributed by atoms with Crippen molar-refractivity contribution in [2.45, 2.75) is 79.6 Å². The second-order valence-electron chi connectivity index (χ2n) is 11.8. The smallest absolute Gasteiger partial charge is 0.241 e. The molecule has 1 atom stereocenters. The Kier molecular flexibility index (Phi) is 21.9. The molecule has 0 aliphatic carbocycles. The van der Waals surface area contributed by atoms with Gasteiger partial charge in [-0.25, -0.2) is 18.9 Å². The first kappa shape index (κ1) is 45.9. The third kappa shape index (κ3) is 15.6. The number of rotatable bonds is 12. The maximum Gasteiger partial charge on any atom is 0.241 e. The van der Waals surface area contributed by atoms with Crippen molar-refractivity contribution in [2.24, 2.45) is 0 Å². The maximum atomic E-state index is 11.4. The molecule has 4 aromatic rings. The fraction of sp³-hybridized carbons (Fsp3) is 0.559. The zero-order valence-corrected chi connectivity index (χ0v) is 34.4. The highest BCUT2D eigenvalue weighted by molar-refractivity contribution is 7.78. The fourth-order valence-corrected chi connectivity index (χ4v) is 7.07. The highest BCUT2D eigenvalue weighted by Crippen LogP contribution is 2.34. The Morgan fingerprint density at radius 3 is 1.50 bits per heavy atom. The number of fused-ring (bicyclic) bond motifs is 2. The van der Waals surface area contributed by atoms with E-state index in [4.69, 9.17) is 0 Å². The van der Waals surface area contributed by atoms with Crippen LogP contribution < -0.4 is 20.7 Å². The molecule has 300 valence electrons. The number of carbonyl (C=O) groups is 5. The van der Waals surface area contributed by atoms with E-state index in [9.17, 15) is 28.2 Å². The first-order valence-electron chi connectivity index (χ1n) is 18.0. The monoisotopic (exact) mass is 810 g/mol. The van der Waals surface area contributed by atoms with Gasteiger partial charge in [-0.15, -0.1) is 0 Å². The Balaban J connectivity index is 0.000000274. The van der Waals surface area contributed by atoms with Crippen LogP contribution in [0, 0.1) is 0 Å². The lowest BCUT2D eigenvalue weighted by atomic mass is 10.4. The molecule has 2 saturated heterocycles. The van der Waals surface area contributed by atoms with E-state index in [-0.39, 0.29) is 30.8 Å². The van der Waals surface area contributed by atoms with E-state index in [1.807, 2.05) is 21.2 Å². The summed E-state index contributed by atoms with van der Waals surface area (Å²) in [7, 11) is 1.32. The average Bonchev–Trinajstić information content (AvgIpc) is 4.00. The van der Waals surface area contributed by atoms with Crippen molar-refractivity contribution in [2.75, 3.05) is 57.0 Å². The lowest BCUT2D eigenvalue weighted by molar-refractivity contribution is -0.132. The van der Waals surface area contributed by atoms with E-state index < -0.39 is 11.3 Å². The summed E-state index contributed by atoms with van der Waals surface area (Å²) >= 11 is 1.50. The van der Waals surface area contributed by atoms with Crippen molar-refractivity contribution in [1.29, 1.82) is 0 Å². The SMILES string of the molecule is CCC.CCC.CCC(=O)NCC(=O)N1CCCC1.COS(=O)NCC(=O)N1CCCC1.O=CNc1cn2cc(-c3cn4cc(NC=O)nc4s3)sc2n1. The van der Waals surface area contributed by atoms with E-state index in [1.165, 1.54) is 42.6 Å². The molecular weight excluding hydrogens is 757 g/mol. The van der Waals surface area contributed by atoms with Crippen LogP contribution in [0.15, 0.2) is 24.8 Å². The molecule has 54 heavy (non-hydrogen) atoms. The third-order valence-electron chi connectivity index (χ3n) is 7.14. The van der Waals surface area contributed by atoms with Gasteiger partial charge in [0.15, 0.2) is 21.6 Å². The molecule has 6 heterocycles. The summed E-state index contributed by atoms with van der Waals surface area (Å²) in [5, 5.41) is 7.63. The second-order valence-corrected chi connectivity index (χ2v) is 14.9. The Morgan fingerprint density at radius 2 is 1.15 bits per heavy atom. The van der Waals surface area contributed by atoms with Crippen LogP contribution in [0.25, 0.3) is 19.7 Å². The van der Waals surface area contributed by atoms with E-state index in [0.29, 0.717) is 30.9 Å². The van der Waals surface area contributed by atoms with Crippen molar-refractivity contribution in [3.8, 4) is 9.75 Å². The van der Waals surface area contributed by atoms with Gasteiger partial charge < -0.3 is 25.8 Å². The first-order chi connectivity index (χ1) is 26.1. The number of aromatic nitrogens is 4. The number of nitrogens with zero attached hydrogens (tertiary/aromatic N) is 6. The molecule has 2 fully saturated rings. The van der Waals surface area contributed by atoms with Gasteiger partial charge in [-0.3, -0.25) is 37.0 Å². The molecule has 0 radical (unpaired) electrons. The standard InChI is InChI=1S/C12H8N6O2S2.C9H16N2O2.C7H14N2O3S.2C3H8/c19-5-13-9-3-17-1-7(21-11(17)15-9)8-2-18-4-10(14-6-20)16-12(18)22-8;1-2-8(12)10-7-9(13)11-5-3-4-6-11;1-12-13(11)8-6-7(10)9-4-2-3-5-9;2*1-3-2/h1-6H,(H,13,19)(H,14,20);2-7H2,1H3,(H,10,12);8H,2-6H2,1H3;2*3H2,1-2H3. The number of amides is 5. The molecule has 4 N–H and O–H groups in total. The highest BCUT2D eigenvalue weighted by atomic mass is 32.2. The van der Waals surface area contributed by atoms with Crippen molar-refractivity contribution < 1.29 is 32.4 Å². The molecule has 20 heteroatoms. The number of likely N-dealkylation sites (tertiary alicyclic amines) is 2. The summed E-state index contributed by atoms with van der Waals surface area (Å²) in [6.07, 6.45) is 15.9. The van der Waals surface area contributed by atoms with Gasteiger partial charge in [-0.1, -0.05) is 70.1 Å². The summed E-state index contributed by atoms with van der Waals surface area (Å²) in [6, 6.07) is 0. The summed E-state index contributed by atoms with van der Waals surface area (Å²) < 4.78 is 21.4. The molecule has 4 aromatic heterocycles. The van der Waals surface area contributed by atoms with Crippen molar-refractivity contribution >= 4 is 86.0 Å². The number of thiazole rings is 2. The minimum Gasteiger partial charge on any atom is -0.347 e. The fourth-order valence-electron chi connectivity index (χ4n) is 4.71. The quantitative estimate of drug-likeness (QED) is 0.151. The van der Waals surface area contributed by atoms with Crippen LogP contribution in [-0.2, 0) is 39.4 Å². The van der Waals surface area contributed by atoms with Gasteiger partial charge in [-0.05, 0) is 25.7 Å². The Hall–Kier alpha value is -4.24. The molecule has 17 nitrogen and oxygen atoms in total. The summed E-state index contributed by atoms with van der Waals surface area (Å²) in [4.78, 5) is 70.3. The molecule has 5 amide bonds. The van der Waals surface area contributed by atoms with Crippen LogP contribution in [0.2, 0.25) is 0 Å². The summed E-state index contributed by atoms with van der Waals surface area (Å²) in [5.41, 5.74) is 0. The molecule has 0 aromatic carbocycles. The Labute approximate surface area is 327 Å². The molecular formula is C34H54N10O7S3. The number of imidazole rings is 2. The van der Waals surface area contributed by atoms with Gasteiger partial charge in [0.25, 0.3) is 0 Å². The lowest BCUT2D eigenvalue weighted by Crippen LogP contribution is -2.38. The minimum atomic E-state index is -1.55. The number of carbonyl (C=O) groups excluding carboxylic acids is 5. The van der Waals surface area contributed by atoms with E-state index in [1.54, 1.807) is 29.1 Å². The maximum absolute atomic E-state index is 11.4. The van der Waals surface area contributed by atoms with Gasteiger partial charge in [0.1, 0.15) is 0 Å². The van der Waals surface area contributed by atoms with Gasteiger partial charge in [0, 0.05) is 45.0 Å². The van der Waals surface area contributed by atoms with Crippen molar-refractivity contribution in [3.05, 3.63) is 24.8 Å². The summed E-state index contributed by atoms with van der Waals surface area (Å²) in [5.74, 6) is 1.02. The van der Waals surface area contributed by atoms with Gasteiger partial charge >= 0.3 is 0 Å². The first-order valence-corrected chi connectivity index (χ1v) is 20.7. The molecule has 1 unspecified atom stereocenters. The van der Waals surface area contributed by atoms with Gasteiger partial charge in [0.2, 0.25) is 41.8 Å². The zero-order valence-electron chi connectivity index (χ0n) is 31.9. The van der Waals surface area contributed by atoms with Gasteiger partial charge in [-0.2, -0.15) is 0 Å². The van der Waals surface area contributed by atoms with Crippen LogP contribution in [0.5, 0.6) is 0 Å². The summed E-state index contributed by atoms with van der Waals surface area (Å²) in [6.45, 7) is 13.9. The van der Waals surface area contributed by atoms with E-state index in [0.717, 1.165) is 71.5 Å². The van der Waals surface area contributed by atoms with Crippen LogP contribution >= 0.6 is 22.7 Å². The van der Waals surface area contributed by atoms with Crippen LogP contribution in [0.4, 0.5) is 11.6 Å². The number of hydrogen-bond donors (Lipinski definition) is 4. The van der Waals surface area contributed by atoms with E-state index >= 15 is 0 Å². The van der Waals surface area contributed by atoms with Crippen molar-refractivity contribution in [3.63, 3.8) is 0 Å². The van der Waals surface area contributed by atoms with Gasteiger partial charge in [0.05, 0.1) is 42.3 Å². The highest BCUT2D eigenvalue weighted by Gasteiger charge is 2.19. The predicted octanol–water partition coefficient (Wildman–Crippen LogP) is 4.30. The molecule has 2 aliphatic rings. The van der Waals surface area contributed by atoms with E-state index in [2.05, 4.69) is 62.5 Å². The number of anilines is 2. The molecule has 0 bridgehead atoms. The molecule has 6 rings (SSSR count). The molecule has 0 saturated carbocycles. The Bertz CT molecular complexity index is 1570. The Morgan fingerprint density at radius 1 is 0.741 bits per heavy atom. The third-order valence-corrected chi connectivity index (χ3v) is 10.0. The number of hydrogen-bond acceptors (Lipinski definition) is 11. The molecule has 2 aliphatic heterocycles. The minimum absolute atomic E-state index is 0.0112. The normalized spacial score (nSPS) is 13.6. The second kappa shape index (κ2) is 25.7. The predicted molar refractivity (Wildman–Crippen MR) is 215 cm³/mol. The van der Waals surface area contributed by atoms with Crippen LogP contribution in [-0.4, -0.2) is 110 Å².